The molecule has 0 aromatic heterocycles. The molecular formula is C17H21ClF3N3O. The molecule has 0 atom stereocenters. The van der Waals surface area contributed by atoms with Crippen molar-refractivity contribution in [1.82, 2.24) is 9.80 Å². The smallest absolute Gasteiger partial charge is 0.322 e. The molecule has 0 unspecified atom stereocenters. The summed E-state index contributed by atoms with van der Waals surface area (Å²) in [5.74, 6) is 0. The zero-order chi connectivity index (χ0) is 18.0. The summed E-state index contributed by atoms with van der Waals surface area (Å²) in [6.45, 7) is 2.59. The molecule has 1 aliphatic heterocycles. The van der Waals surface area contributed by atoms with Gasteiger partial charge in [0.2, 0.25) is 0 Å². The van der Waals surface area contributed by atoms with Crippen LogP contribution in [0.25, 0.3) is 0 Å². The second-order valence-corrected chi connectivity index (χ2v) is 7.02. The van der Waals surface area contributed by atoms with Crippen molar-refractivity contribution in [1.29, 1.82) is 0 Å². The van der Waals surface area contributed by atoms with Crippen LogP contribution < -0.4 is 5.32 Å². The number of rotatable bonds is 2. The fourth-order valence-electron chi connectivity index (χ4n) is 3.61. The van der Waals surface area contributed by atoms with E-state index in [2.05, 4.69) is 10.2 Å². The number of hydrogen-bond acceptors (Lipinski definition) is 2. The summed E-state index contributed by atoms with van der Waals surface area (Å²) in [4.78, 5) is 16.3. The lowest BCUT2D eigenvalue weighted by atomic mass is 10.1. The molecule has 4 nitrogen and oxygen atoms in total. The monoisotopic (exact) mass is 375 g/mol. The highest BCUT2D eigenvalue weighted by Gasteiger charge is 2.35. The molecular weight excluding hydrogens is 355 g/mol. The van der Waals surface area contributed by atoms with E-state index in [-0.39, 0.29) is 10.7 Å². The Bertz CT molecular complexity index is 624. The van der Waals surface area contributed by atoms with Crippen LogP contribution in [-0.2, 0) is 6.18 Å². The lowest BCUT2D eigenvalue weighted by Gasteiger charge is -2.38. The molecule has 1 saturated heterocycles. The van der Waals surface area contributed by atoms with Crippen LogP contribution in [0.5, 0.6) is 0 Å². The van der Waals surface area contributed by atoms with Crippen LogP contribution in [0.1, 0.15) is 31.2 Å². The molecule has 0 spiro atoms. The maximum atomic E-state index is 13.1. The number of anilines is 1. The summed E-state index contributed by atoms with van der Waals surface area (Å²) in [5.41, 5.74) is -1.20. The van der Waals surface area contributed by atoms with Gasteiger partial charge in [-0.15, -0.1) is 0 Å². The number of piperazine rings is 1. The first-order chi connectivity index (χ1) is 11.8. The Kier molecular flexibility index (Phi) is 5.43. The third-order valence-electron chi connectivity index (χ3n) is 4.97. The molecule has 2 fully saturated rings. The van der Waals surface area contributed by atoms with E-state index >= 15 is 0 Å². The van der Waals surface area contributed by atoms with Crippen LogP contribution in [0.4, 0.5) is 23.7 Å². The Morgan fingerprint density at radius 2 is 1.76 bits per heavy atom. The molecule has 1 aromatic rings. The molecule has 0 radical (unpaired) electrons. The predicted octanol–water partition coefficient (Wildman–Crippen LogP) is 4.45. The number of nitrogens with zero attached hydrogens (tertiary/aromatic N) is 2. The Morgan fingerprint density at radius 1 is 1.12 bits per heavy atom. The largest absolute Gasteiger partial charge is 0.418 e. The third kappa shape index (κ3) is 4.39. The van der Waals surface area contributed by atoms with Gasteiger partial charge in [0.15, 0.2) is 0 Å². The third-order valence-corrected chi connectivity index (χ3v) is 5.21. The van der Waals surface area contributed by atoms with Crippen molar-refractivity contribution in [3.05, 3.63) is 28.8 Å². The van der Waals surface area contributed by atoms with E-state index in [1.807, 2.05) is 0 Å². The Hall–Kier alpha value is -1.47. The zero-order valence-corrected chi connectivity index (χ0v) is 14.5. The van der Waals surface area contributed by atoms with Gasteiger partial charge in [-0.3, -0.25) is 4.90 Å². The number of hydrogen-bond donors (Lipinski definition) is 1. The van der Waals surface area contributed by atoms with Crippen molar-refractivity contribution in [3.8, 4) is 0 Å². The fraction of sp³-hybridized carbons (Fsp3) is 0.588. The topological polar surface area (TPSA) is 35.6 Å². The molecule has 25 heavy (non-hydrogen) atoms. The number of halogens is 4. The minimum absolute atomic E-state index is 0.0181. The Morgan fingerprint density at radius 3 is 2.36 bits per heavy atom. The molecule has 2 aliphatic rings. The number of benzene rings is 1. The molecule has 1 aliphatic carbocycles. The predicted molar refractivity (Wildman–Crippen MR) is 90.9 cm³/mol. The van der Waals surface area contributed by atoms with Crippen LogP contribution in [-0.4, -0.2) is 48.1 Å². The van der Waals surface area contributed by atoms with Gasteiger partial charge in [0.05, 0.1) is 11.3 Å². The zero-order valence-electron chi connectivity index (χ0n) is 13.8. The van der Waals surface area contributed by atoms with E-state index in [1.165, 1.54) is 37.8 Å². The lowest BCUT2D eigenvalue weighted by molar-refractivity contribution is -0.136. The van der Waals surface area contributed by atoms with E-state index in [0.717, 1.165) is 19.2 Å². The summed E-state index contributed by atoms with van der Waals surface area (Å²) < 4.78 is 39.3. The molecule has 138 valence electrons. The van der Waals surface area contributed by atoms with Crippen molar-refractivity contribution in [3.63, 3.8) is 0 Å². The van der Waals surface area contributed by atoms with Crippen LogP contribution in [0.2, 0.25) is 5.02 Å². The maximum absolute atomic E-state index is 13.1. The van der Waals surface area contributed by atoms with Gasteiger partial charge < -0.3 is 10.2 Å². The second kappa shape index (κ2) is 7.41. The van der Waals surface area contributed by atoms with Crippen LogP contribution in [0, 0.1) is 0 Å². The van der Waals surface area contributed by atoms with Crippen molar-refractivity contribution in [2.75, 3.05) is 31.5 Å². The van der Waals surface area contributed by atoms with Gasteiger partial charge in [0.1, 0.15) is 0 Å². The van der Waals surface area contributed by atoms with Gasteiger partial charge in [-0.05, 0) is 31.0 Å². The number of amides is 2. The summed E-state index contributed by atoms with van der Waals surface area (Å²) in [7, 11) is 0. The number of urea groups is 1. The normalized spacial score (nSPS) is 20.1. The van der Waals surface area contributed by atoms with Gasteiger partial charge in [-0.25, -0.2) is 4.79 Å². The van der Waals surface area contributed by atoms with Gasteiger partial charge in [0.25, 0.3) is 0 Å². The van der Waals surface area contributed by atoms with Crippen LogP contribution in [0.3, 0.4) is 0 Å². The van der Waals surface area contributed by atoms with Gasteiger partial charge in [-0.1, -0.05) is 24.4 Å². The number of carbonyl (C=O) groups excluding carboxylic acids is 1. The number of alkyl halides is 3. The highest BCUT2D eigenvalue weighted by atomic mass is 35.5. The summed E-state index contributed by atoms with van der Waals surface area (Å²) >= 11 is 5.66. The van der Waals surface area contributed by atoms with Gasteiger partial charge >= 0.3 is 12.2 Å². The molecule has 1 heterocycles. The minimum atomic E-state index is -4.57. The average Bonchev–Trinajstić information content (AvgIpc) is 3.10. The van der Waals surface area contributed by atoms with Crippen molar-refractivity contribution < 1.29 is 18.0 Å². The molecule has 2 amide bonds. The summed E-state index contributed by atoms with van der Waals surface area (Å²) in [5, 5.41) is 2.37. The van der Waals surface area contributed by atoms with E-state index in [4.69, 9.17) is 11.6 Å². The maximum Gasteiger partial charge on any atom is 0.418 e. The van der Waals surface area contributed by atoms with E-state index in [9.17, 15) is 18.0 Å². The first-order valence-corrected chi connectivity index (χ1v) is 8.89. The Balaban J connectivity index is 1.62. The summed E-state index contributed by atoms with van der Waals surface area (Å²) in [6, 6.07) is 3.45. The minimum Gasteiger partial charge on any atom is -0.322 e. The Labute approximate surface area is 149 Å². The second-order valence-electron chi connectivity index (χ2n) is 6.58. The highest BCUT2D eigenvalue weighted by Crippen LogP contribution is 2.36. The SMILES string of the molecule is O=C(Nc1ccc(Cl)cc1C(F)(F)F)N1CCN(C2CCCC2)CC1. The average molecular weight is 376 g/mol. The highest BCUT2D eigenvalue weighted by molar-refractivity contribution is 6.30. The standard InChI is InChI=1S/C17H21ClF3N3O/c18-12-5-6-15(14(11-12)17(19,20)21)22-16(25)24-9-7-23(8-10-24)13-3-1-2-4-13/h5-6,11,13H,1-4,7-10H2,(H,22,25). The van der Waals surface area contributed by atoms with Crippen molar-refractivity contribution >= 4 is 23.3 Å². The van der Waals surface area contributed by atoms with E-state index in [1.54, 1.807) is 4.90 Å². The number of nitrogens with one attached hydrogen (secondary N) is 1. The number of carbonyl (C=O) groups is 1. The fourth-order valence-corrected chi connectivity index (χ4v) is 3.79. The van der Waals surface area contributed by atoms with E-state index in [0.29, 0.717) is 19.1 Å². The molecule has 1 saturated carbocycles. The van der Waals surface area contributed by atoms with Crippen LogP contribution >= 0.6 is 11.6 Å². The molecule has 1 N–H and O–H groups in total. The summed E-state index contributed by atoms with van der Waals surface area (Å²) in [6.07, 6.45) is 0.330. The molecule has 0 bridgehead atoms. The van der Waals surface area contributed by atoms with Gasteiger partial charge in [0, 0.05) is 37.2 Å². The van der Waals surface area contributed by atoms with Crippen LogP contribution in [0.15, 0.2) is 18.2 Å². The first kappa shape index (κ1) is 18.3. The molecule has 3 rings (SSSR count). The van der Waals surface area contributed by atoms with E-state index < -0.39 is 17.8 Å². The van der Waals surface area contributed by atoms with Crippen molar-refractivity contribution in [2.45, 2.75) is 37.9 Å². The molecule has 1 aromatic carbocycles. The first-order valence-electron chi connectivity index (χ1n) is 8.51. The quantitative estimate of drug-likeness (QED) is 0.828. The lowest BCUT2D eigenvalue weighted by Crippen LogP contribution is -2.52. The molecule has 8 heteroatoms. The van der Waals surface area contributed by atoms with Gasteiger partial charge in [-0.2, -0.15) is 13.2 Å². The van der Waals surface area contributed by atoms with Crippen molar-refractivity contribution in [2.24, 2.45) is 0 Å².